The largest absolute Gasteiger partial charge is 0.310 e. The van der Waals surface area contributed by atoms with E-state index in [4.69, 9.17) is 0 Å². The van der Waals surface area contributed by atoms with Gasteiger partial charge in [-0.2, -0.15) is 5.10 Å². The molecule has 3 heterocycles. The van der Waals surface area contributed by atoms with Crippen LogP contribution in [0.25, 0.3) is 22.2 Å². The third-order valence-corrected chi connectivity index (χ3v) is 5.79. The van der Waals surface area contributed by atoms with E-state index in [-0.39, 0.29) is 24.4 Å². The fourth-order valence-corrected chi connectivity index (χ4v) is 4.18. The van der Waals surface area contributed by atoms with Gasteiger partial charge in [-0.05, 0) is 24.0 Å². The van der Waals surface area contributed by atoms with E-state index in [0.29, 0.717) is 36.1 Å². The minimum absolute atomic E-state index is 0.179. The number of nitrogens with one attached hydrogen (secondary N) is 1. The molecule has 1 N–H and O–H groups in total. The zero-order valence-electron chi connectivity index (χ0n) is 16.6. The van der Waals surface area contributed by atoms with Gasteiger partial charge >= 0.3 is 0 Å². The van der Waals surface area contributed by atoms with Gasteiger partial charge in [0, 0.05) is 37.2 Å². The minimum Gasteiger partial charge on any atom is -0.310 e. The van der Waals surface area contributed by atoms with Crippen LogP contribution in [0.2, 0.25) is 0 Å². The van der Waals surface area contributed by atoms with Gasteiger partial charge in [0.25, 0.3) is 5.56 Å². The van der Waals surface area contributed by atoms with Gasteiger partial charge in [0.2, 0.25) is 5.92 Å². The summed E-state index contributed by atoms with van der Waals surface area (Å²) in [5.41, 5.74) is 2.94. The van der Waals surface area contributed by atoms with Crippen molar-refractivity contribution in [1.82, 2.24) is 29.7 Å². The van der Waals surface area contributed by atoms with Gasteiger partial charge in [0.15, 0.2) is 5.65 Å². The van der Waals surface area contributed by atoms with Gasteiger partial charge < -0.3 is 4.98 Å². The molecule has 158 valence electrons. The average molecular weight is 422 g/mol. The van der Waals surface area contributed by atoms with E-state index in [2.05, 4.69) is 25.0 Å². The molecule has 0 atom stereocenters. The molecule has 0 bridgehead atoms. The number of benzene rings is 1. The molecule has 0 unspecified atom stereocenters. The highest BCUT2D eigenvalue weighted by Crippen LogP contribution is 2.38. The molecule has 3 aromatic heterocycles. The van der Waals surface area contributed by atoms with Gasteiger partial charge in [-0.25, -0.2) is 28.4 Å². The number of nitrogens with zero attached hydrogens (tertiary/aromatic N) is 5. The number of fused-ring (bicyclic) bond motifs is 1. The molecule has 31 heavy (non-hydrogen) atoms. The predicted molar refractivity (Wildman–Crippen MR) is 111 cm³/mol. The number of hydrogen-bond acceptors (Lipinski definition) is 5. The van der Waals surface area contributed by atoms with Gasteiger partial charge in [-0.3, -0.25) is 4.79 Å². The topological polar surface area (TPSA) is 89.3 Å². The first kappa shape index (κ1) is 19.5. The third-order valence-electron chi connectivity index (χ3n) is 5.79. The van der Waals surface area contributed by atoms with Gasteiger partial charge in [0.1, 0.15) is 17.5 Å². The molecular weight excluding hydrogens is 402 g/mol. The standard InChI is InChI=1S/C22H20F2N6O/c23-22(24)7-5-16(6-8-22)30-20-18(12-27-30)21(31)29-19(28-20)9-14-3-1-2-4-17(14)15-10-25-13-26-11-15/h1-4,10-13,16H,5-9H2,(H,28,29,31). The van der Waals surface area contributed by atoms with Crippen molar-refractivity contribution < 1.29 is 8.78 Å². The van der Waals surface area contributed by atoms with Crippen molar-refractivity contribution in [3.63, 3.8) is 0 Å². The first-order valence-corrected chi connectivity index (χ1v) is 10.2. The number of aromatic amines is 1. The maximum Gasteiger partial charge on any atom is 0.262 e. The second-order valence-corrected chi connectivity index (χ2v) is 7.89. The fourth-order valence-electron chi connectivity index (χ4n) is 4.18. The van der Waals surface area contributed by atoms with Crippen LogP contribution >= 0.6 is 0 Å². The molecule has 1 fully saturated rings. The quantitative estimate of drug-likeness (QED) is 0.539. The summed E-state index contributed by atoms with van der Waals surface area (Å²) in [6.45, 7) is 0. The smallest absolute Gasteiger partial charge is 0.262 e. The molecule has 1 saturated carbocycles. The van der Waals surface area contributed by atoms with E-state index in [1.807, 2.05) is 24.3 Å². The molecule has 7 nitrogen and oxygen atoms in total. The Morgan fingerprint density at radius 2 is 1.84 bits per heavy atom. The van der Waals surface area contributed by atoms with Crippen molar-refractivity contribution in [1.29, 1.82) is 0 Å². The van der Waals surface area contributed by atoms with E-state index in [9.17, 15) is 13.6 Å². The summed E-state index contributed by atoms with van der Waals surface area (Å²) in [5, 5.41) is 4.68. The molecule has 1 aromatic carbocycles. The highest BCUT2D eigenvalue weighted by molar-refractivity contribution is 5.73. The second kappa shape index (κ2) is 7.64. The molecule has 5 rings (SSSR count). The Hall–Kier alpha value is -3.49. The van der Waals surface area contributed by atoms with Crippen molar-refractivity contribution in [2.75, 3.05) is 0 Å². The molecule has 1 aliphatic rings. The van der Waals surface area contributed by atoms with Crippen molar-refractivity contribution in [3.05, 3.63) is 70.9 Å². The monoisotopic (exact) mass is 422 g/mol. The number of alkyl halides is 2. The van der Waals surface area contributed by atoms with Crippen LogP contribution in [-0.4, -0.2) is 35.6 Å². The number of aromatic nitrogens is 6. The van der Waals surface area contributed by atoms with Crippen molar-refractivity contribution in [2.24, 2.45) is 0 Å². The summed E-state index contributed by atoms with van der Waals surface area (Å²) in [4.78, 5) is 28.3. The first-order valence-electron chi connectivity index (χ1n) is 10.2. The van der Waals surface area contributed by atoms with Crippen LogP contribution < -0.4 is 5.56 Å². The van der Waals surface area contributed by atoms with Crippen LogP contribution in [0.3, 0.4) is 0 Å². The minimum atomic E-state index is -2.62. The highest BCUT2D eigenvalue weighted by Gasteiger charge is 2.36. The highest BCUT2D eigenvalue weighted by atomic mass is 19.3. The Kier molecular flexibility index (Phi) is 4.80. The predicted octanol–water partition coefficient (Wildman–Crippen LogP) is 3.92. The normalized spacial score (nSPS) is 16.6. The van der Waals surface area contributed by atoms with Crippen molar-refractivity contribution >= 4 is 11.0 Å². The second-order valence-electron chi connectivity index (χ2n) is 7.89. The lowest BCUT2D eigenvalue weighted by atomic mass is 9.92. The van der Waals surface area contributed by atoms with E-state index in [0.717, 1.165) is 16.7 Å². The first-order chi connectivity index (χ1) is 15.0. The summed E-state index contributed by atoms with van der Waals surface area (Å²) in [5.74, 6) is -2.13. The molecule has 0 radical (unpaired) electrons. The lowest BCUT2D eigenvalue weighted by Gasteiger charge is -2.28. The molecule has 0 saturated heterocycles. The molecule has 1 aliphatic carbocycles. The Labute approximate surface area is 176 Å². The van der Waals surface area contributed by atoms with Crippen LogP contribution in [0.5, 0.6) is 0 Å². The Bertz CT molecular complexity index is 1270. The Balaban J connectivity index is 1.51. The molecule has 0 aliphatic heterocycles. The Morgan fingerprint density at radius 1 is 1.10 bits per heavy atom. The third kappa shape index (κ3) is 3.83. The van der Waals surface area contributed by atoms with Gasteiger partial charge in [-0.1, -0.05) is 24.3 Å². The van der Waals surface area contributed by atoms with E-state index < -0.39 is 5.92 Å². The van der Waals surface area contributed by atoms with Crippen molar-refractivity contribution in [3.8, 4) is 11.1 Å². The number of halogens is 2. The van der Waals surface area contributed by atoms with Crippen LogP contribution in [0.1, 0.15) is 43.1 Å². The molecule has 0 spiro atoms. The summed E-state index contributed by atoms with van der Waals surface area (Å²) >= 11 is 0. The van der Waals surface area contributed by atoms with Crippen LogP contribution in [0.15, 0.2) is 54.0 Å². The number of rotatable bonds is 4. The summed E-state index contributed by atoms with van der Waals surface area (Å²) < 4.78 is 28.8. The lowest BCUT2D eigenvalue weighted by molar-refractivity contribution is -0.0446. The van der Waals surface area contributed by atoms with Crippen molar-refractivity contribution in [2.45, 2.75) is 44.1 Å². The maximum atomic E-state index is 13.6. The van der Waals surface area contributed by atoms with Gasteiger partial charge in [-0.15, -0.1) is 0 Å². The zero-order valence-corrected chi connectivity index (χ0v) is 16.6. The van der Waals surface area contributed by atoms with Crippen LogP contribution in [0.4, 0.5) is 8.78 Å². The fraction of sp³-hybridized carbons (Fsp3) is 0.318. The number of H-pyrrole nitrogens is 1. The molecule has 4 aromatic rings. The average Bonchev–Trinajstić information content (AvgIpc) is 3.19. The lowest BCUT2D eigenvalue weighted by Crippen LogP contribution is -2.27. The molecular formula is C22H20F2N6O. The molecule has 0 amide bonds. The zero-order chi connectivity index (χ0) is 21.4. The summed E-state index contributed by atoms with van der Waals surface area (Å²) in [7, 11) is 0. The Morgan fingerprint density at radius 3 is 2.61 bits per heavy atom. The summed E-state index contributed by atoms with van der Waals surface area (Å²) in [6, 6.07) is 7.60. The maximum absolute atomic E-state index is 13.6. The SMILES string of the molecule is O=c1[nH]c(Cc2ccccc2-c2cncnc2)nc2c1cnn2C1CCC(F)(F)CC1. The van der Waals surface area contributed by atoms with E-state index in [1.165, 1.54) is 12.5 Å². The van der Waals surface area contributed by atoms with Crippen LogP contribution in [-0.2, 0) is 6.42 Å². The van der Waals surface area contributed by atoms with Crippen LogP contribution in [0, 0.1) is 0 Å². The summed E-state index contributed by atoms with van der Waals surface area (Å²) in [6.07, 6.45) is 7.06. The van der Waals surface area contributed by atoms with E-state index >= 15 is 0 Å². The van der Waals surface area contributed by atoms with Gasteiger partial charge in [0.05, 0.1) is 12.2 Å². The number of hydrogen-bond donors (Lipinski definition) is 1. The van der Waals surface area contributed by atoms with E-state index in [1.54, 1.807) is 17.1 Å². The molecule has 9 heteroatoms.